The summed E-state index contributed by atoms with van der Waals surface area (Å²) in [6.07, 6.45) is 0.864. The van der Waals surface area contributed by atoms with Crippen LogP contribution in [-0.4, -0.2) is 33.7 Å². The first-order valence-electron chi connectivity index (χ1n) is 7.97. The molecule has 1 amide bonds. The number of benzene rings is 2. The van der Waals surface area contributed by atoms with Crippen LogP contribution in [0.25, 0.3) is 0 Å². The van der Waals surface area contributed by atoms with E-state index in [2.05, 4.69) is 26.5 Å². The molecule has 11 nitrogen and oxygen atoms in total. The smallest absolute Gasteiger partial charge is 0.318 e. The fourth-order valence-corrected chi connectivity index (χ4v) is 3.12. The van der Waals surface area contributed by atoms with Gasteiger partial charge in [0.15, 0.2) is 6.61 Å². The molecule has 0 radical (unpaired) electrons. The SMILES string of the molecule is Cc1cc(Br)cc(C)c1OCC(=O)NN=Cc1cc([N+](=O)[O-])cc([N+](=O)[O-])c1O. The molecule has 0 aliphatic heterocycles. The lowest BCUT2D eigenvalue weighted by Crippen LogP contribution is -2.25. The monoisotopic (exact) mass is 466 g/mol. The first-order valence-corrected chi connectivity index (χ1v) is 8.76. The van der Waals surface area contributed by atoms with E-state index in [4.69, 9.17) is 4.74 Å². The Hall–Kier alpha value is -3.54. The van der Waals surface area contributed by atoms with E-state index in [1.165, 1.54) is 0 Å². The number of nitro groups is 2. The molecule has 0 unspecified atom stereocenters. The Morgan fingerprint density at radius 2 is 1.83 bits per heavy atom. The van der Waals surface area contributed by atoms with Crippen LogP contribution in [0.1, 0.15) is 16.7 Å². The number of nitrogens with one attached hydrogen (secondary N) is 1. The van der Waals surface area contributed by atoms with Gasteiger partial charge in [-0.3, -0.25) is 25.0 Å². The van der Waals surface area contributed by atoms with Crippen LogP contribution in [0.2, 0.25) is 0 Å². The van der Waals surface area contributed by atoms with E-state index in [0.717, 1.165) is 27.9 Å². The van der Waals surface area contributed by atoms with Gasteiger partial charge in [0.1, 0.15) is 5.75 Å². The molecular weight excluding hydrogens is 452 g/mol. The number of aryl methyl sites for hydroxylation is 2. The summed E-state index contributed by atoms with van der Waals surface area (Å²) < 4.78 is 6.35. The summed E-state index contributed by atoms with van der Waals surface area (Å²) in [6.45, 7) is 3.28. The van der Waals surface area contributed by atoms with E-state index >= 15 is 0 Å². The molecule has 2 rings (SSSR count). The van der Waals surface area contributed by atoms with Gasteiger partial charge in [-0.15, -0.1) is 0 Å². The summed E-state index contributed by atoms with van der Waals surface area (Å²) >= 11 is 3.36. The molecule has 2 aromatic carbocycles. The first kappa shape index (κ1) is 21.8. The van der Waals surface area contributed by atoms with Crippen molar-refractivity contribution in [2.24, 2.45) is 5.10 Å². The van der Waals surface area contributed by atoms with E-state index in [0.29, 0.717) is 11.8 Å². The molecule has 152 valence electrons. The molecule has 2 N–H and O–H groups in total. The van der Waals surface area contributed by atoms with Crippen molar-refractivity contribution in [3.05, 3.63) is 65.7 Å². The zero-order valence-corrected chi connectivity index (χ0v) is 16.8. The second-order valence-electron chi connectivity index (χ2n) is 5.87. The minimum atomic E-state index is -0.963. The predicted molar refractivity (Wildman–Crippen MR) is 106 cm³/mol. The quantitative estimate of drug-likeness (QED) is 0.360. The average Bonchev–Trinajstić information content (AvgIpc) is 2.61. The lowest BCUT2D eigenvalue weighted by atomic mass is 10.1. The molecule has 0 aliphatic rings. The summed E-state index contributed by atoms with van der Waals surface area (Å²) in [5.41, 5.74) is 2.01. The number of aromatic hydroxyl groups is 1. The highest BCUT2D eigenvalue weighted by Gasteiger charge is 2.23. The van der Waals surface area contributed by atoms with Crippen molar-refractivity contribution in [1.82, 2.24) is 5.43 Å². The van der Waals surface area contributed by atoms with Crippen LogP contribution in [0.3, 0.4) is 0 Å². The molecule has 0 fully saturated rings. The molecule has 12 heteroatoms. The predicted octanol–water partition coefficient (Wildman–Crippen LogP) is 3.12. The number of non-ortho nitro benzene ring substituents is 1. The molecule has 0 atom stereocenters. The highest BCUT2D eigenvalue weighted by atomic mass is 79.9. The van der Waals surface area contributed by atoms with Crippen molar-refractivity contribution in [2.45, 2.75) is 13.8 Å². The van der Waals surface area contributed by atoms with Crippen LogP contribution < -0.4 is 10.2 Å². The molecule has 0 aliphatic carbocycles. The molecule has 0 saturated heterocycles. The average molecular weight is 467 g/mol. The summed E-state index contributed by atoms with van der Waals surface area (Å²) in [5.74, 6) is -0.905. The summed E-state index contributed by atoms with van der Waals surface area (Å²) in [6, 6.07) is 5.18. The molecule has 0 spiro atoms. The molecule has 0 heterocycles. The third-order valence-electron chi connectivity index (χ3n) is 3.68. The van der Waals surface area contributed by atoms with E-state index in [1.54, 1.807) is 0 Å². The second-order valence-corrected chi connectivity index (χ2v) is 6.78. The van der Waals surface area contributed by atoms with Gasteiger partial charge in [0, 0.05) is 10.5 Å². The van der Waals surface area contributed by atoms with Gasteiger partial charge < -0.3 is 9.84 Å². The van der Waals surface area contributed by atoms with Crippen LogP contribution in [0, 0.1) is 34.1 Å². The Morgan fingerprint density at radius 1 is 1.21 bits per heavy atom. The second kappa shape index (κ2) is 9.10. The Morgan fingerprint density at radius 3 is 2.38 bits per heavy atom. The normalized spacial score (nSPS) is 10.7. The maximum absolute atomic E-state index is 11.9. The van der Waals surface area contributed by atoms with Crippen LogP contribution >= 0.6 is 15.9 Å². The largest absolute Gasteiger partial charge is 0.502 e. The number of amides is 1. The number of nitrogens with zero attached hydrogens (tertiary/aromatic N) is 3. The highest BCUT2D eigenvalue weighted by Crippen LogP contribution is 2.33. The van der Waals surface area contributed by atoms with Gasteiger partial charge >= 0.3 is 5.69 Å². The van der Waals surface area contributed by atoms with Crippen LogP contribution in [0.4, 0.5) is 11.4 Å². The Balaban J connectivity index is 2.09. The number of ether oxygens (including phenoxy) is 1. The molecule has 2 aromatic rings. The van der Waals surface area contributed by atoms with Gasteiger partial charge in [0.25, 0.3) is 11.6 Å². The van der Waals surface area contributed by atoms with E-state index in [1.807, 2.05) is 26.0 Å². The topological polar surface area (TPSA) is 157 Å². The fourth-order valence-electron chi connectivity index (χ4n) is 2.44. The van der Waals surface area contributed by atoms with Crippen molar-refractivity contribution in [2.75, 3.05) is 6.61 Å². The van der Waals surface area contributed by atoms with Crippen molar-refractivity contribution in [1.29, 1.82) is 0 Å². The van der Waals surface area contributed by atoms with Crippen molar-refractivity contribution in [3.8, 4) is 11.5 Å². The highest BCUT2D eigenvalue weighted by molar-refractivity contribution is 9.10. The lowest BCUT2D eigenvalue weighted by molar-refractivity contribution is -0.394. The molecule has 0 aromatic heterocycles. The molecule has 29 heavy (non-hydrogen) atoms. The third kappa shape index (κ3) is 5.48. The fraction of sp³-hybridized carbons (Fsp3) is 0.176. The van der Waals surface area contributed by atoms with E-state index in [-0.39, 0.29) is 12.2 Å². The van der Waals surface area contributed by atoms with Crippen LogP contribution in [0.5, 0.6) is 11.5 Å². The minimum absolute atomic E-state index is 0.299. The van der Waals surface area contributed by atoms with Crippen LogP contribution in [0.15, 0.2) is 33.8 Å². The maximum Gasteiger partial charge on any atom is 0.318 e. The van der Waals surface area contributed by atoms with Gasteiger partial charge in [-0.2, -0.15) is 5.10 Å². The van der Waals surface area contributed by atoms with E-state index in [9.17, 15) is 30.1 Å². The number of carbonyl (C=O) groups excluding carboxylic acids is 1. The maximum atomic E-state index is 11.9. The zero-order chi connectivity index (χ0) is 21.7. The van der Waals surface area contributed by atoms with Gasteiger partial charge in [0.2, 0.25) is 5.75 Å². The number of phenols is 1. The molecular formula is C17H15BrN4O7. The molecule has 0 bridgehead atoms. The number of carbonyl (C=O) groups is 1. The van der Waals surface area contributed by atoms with Gasteiger partial charge in [-0.25, -0.2) is 5.43 Å². The number of hydrogen-bond donors (Lipinski definition) is 2. The summed E-state index contributed by atoms with van der Waals surface area (Å²) in [7, 11) is 0. The first-order chi connectivity index (χ1) is 13.6. The van der Waals surface area contributed by atoms with Gasteiger partial charge in [0.05, 0.1) is 27.7 Å². The number of halogens is 1. The van der Waals surface area contributed by atoms with Crippen molar-refractivity contribution >= 4 is 39.4 Å². The standard InChI is InChI=1S/C17H15BrN4O7/c1-9-3-12(18)4-10(2)17(9)29-8-15(23)20-19-7-11-5-13(21(25)26)6-14(16(11)24)22(27)28/h3-7,24H,8H2,1-2H3,(H,20,23). The summed E-state index contributed by atoms with van der Waals surface area (Å²) in [5, 5.41) is 35.2. The van der Waals surface area contributed by atoms with E-state index < -0.39 is 32.9 Å². The Kier molecular flexibility index (Phi) is 6.83. The Bertz CT molecular complexity index is 1000. The Labute approximate surface area is 172 Å². The number of hydrazone groups is 1. The van der Waals surface area contributed by atoms with Crippen molar-refractivity contribution in [3.63, 3.8) is 0 Å². The minimum Gasteiger partial charge on any atom is -0.502 e. The molecule has 0 saturated carbocycles. The number of rotatable bonds is 7. The van der Waals surface area contributed by atoms with Crippen LogP contribution in [-0.2, 0) is 4.79 Å². The zero-order valence-electron chi connectivity index (χ0n) is 15.2. The number of hydrogen-bond acceptors (Lipinski definition) is 8. The summed E-state index contributed by atoms with van der Waals surface area (Å²) in [4.78, 5) is 31.9. The van der Waals surface area contributed by atoms with Gasteiger partial charge in [-0.05, 0) is 37.1 Å². The number of nitro benzene ring substituents is 2. The lowest BCUT2D eigenvalue weighted by Gasteiger charge is -2.11. The third-order valence-corrected chi connectivity index (χ3v) is 4.13. The van der Waals surface area contributed by atoms with Gasteiger partial charge in [-0.1, -0.05) is 15.9 Å². The van der Waals surface area contributed by atoms with Crippen molar-refractivity contribution < 1.29 is 24.5 Å². The number of phenolic OH excluding ortho intramolecular Hbond substituents is 1.